The molecule has 3 rings (SSSR count). The van der Waals surface area contributed by atoms with Gasteiger partial charge in [-0.1, -0.05) is 0 Å². The van der Waals surface area contributed by atoms with Gasteiger partial charge in [-0.3, -0.25) is 14.4 Å². The first-order chi connectivity index (χ1) is 13.6. The number of ether oxygens (including phenoxy) is 1. The minimum atomic E-state index is -0.436. The number of carbonyl (C=O) groups excluding carboxylic acids is 3. The van der Waals surface area contributed by atoms with Crippen LogP contribution in [-0.2, 0) is 0 Å². The quantitative estimate of drug-likeness (QED) is 0.541. The fraction of sp³-hybridized carbons (Fsp3) is 0.286. The van der Waals surface area contributed by atoms with Crippen LogP contribution in [-0.4, -0.2) is 44.5 Å². The summed E-state index contributed by atoms with van der Waals surface area (Å²) in [5.41, 5.74) is 1.36. The fourth-order valence-electron chi connectivity index (χ4n) is 3.04. The molecule has 0 atom stereocenters. The first kappa shape index (κ1) is 19.6. The van der Waals surface area contributed by atoms with E-state index in [0.717, 1.165) is 17.9 Å². The zero-order valence-electron chi connectivity index (χ0n) is 16.0. The molecule has 2 aromatic rings. The maximum Gasteiger partial charge on any atom is 0.266 e. The van der Waals surface area contributed by atoms with Gasteiger partial charge in [-0.05, 0) is 69.4 Å². The second-order valence-electron chi connectivity index (χ2n) is 6.35. The van der Waals surface area contributed by atoms with Gasteiger partial charge in [0.15, 0.2) is 0 Å². The number of carbonyl (C=O) groups is 3. The van der Waals surface area contributed by atoms with E-state index in [0.29, 0.717) is 35.7 Å². The molecule has 1 heterocycles. The molecule has 7 nitrogen and oxygen atoms in total. The van der Waals surface area contributed by atoms with Gasteiger partial charge in [-0.25, -0.2) is 4.90 Å². The average molecular weight is 381 g/mol. The van der Waals surface area contributed by atoms with Crippen LogP contribution in [0.5, 0.6) is 5.75 Å². The number of imide groups is 1. The minimum absolute atomic E-state index is 0.238. The summed E-state index contributed by atoms with van der Waals surface area (Å²) in [4.78, 5) is 38.9. The Labute approximate surface area is 163 Å². The monoisotopic (exact) mass is 381 g/mol. The van der Waals surface area contributed by atoms with Gasteiger partial charge in [0.1, 0.15) is 5.75 Å². The number of fused-ring (bicyclic) bond motifs is 1. The van der Waals surface area contributed by atoms with Gasteiger partial charge in [0.05, 0.1) is 23.4 Å². The fourth-order valence-corrected chi connectivity index (χ4v) is 3.04. The third kappa shape index (κ3) is 3.89. The highest BCUT2D eigenvalue weighted by molar-refractivity contribution is 6.34. The van der Waals surface area contributed by atoms with Crippen LogP contribution >= 0.6 is 0 Å². The van der Waals surface area contributed by atoms with Gasteiger partial charge < -0.3 is 15.4 Å². The second kappa shape index (κ2) is 8.67. The first-order valence-corrected chi connectivity index (χ1v) is 9.25. The van der Waals surface area contributed by atoms with Gasteiger partial charge >= 0.3 is 0 Å². The van der Waals surface area contributed by atoms with Crippen molar-refractivity contribution < 1.29 is 19.1 Å². The third-order valence-corrected chi connectivity index (χ3v) is 4.44. The molecule has 0 saturated carbocycles. The Hall–Kier alpha value is -3.19. The zero-order valence-corrected chi connectivity index (χ0v) is 16.0. The Morgan fingerprint density at radius 2 is 1.71 bits per heavy atom. The zero-order chi connectivity index (χ0) is 20.1. The molecule has 0 aliphatic carbocycles. The highest BCUT2D eigenvalue weighted by Crippen LogP contribution is 2.30. The summed E-state index contributed by atoms with van der Waals surface area (Å²) in [6.45, 7) is 3.75. The SMILES string of the molecule is CCOc1ccc(N2C(=O)c3ccc(C(=O)NCCCNC)cc3C2=O)cc1. The summed E-state index contributed by atoms with van der Waals surface area (Å²) in [5.74, 6) is -0.433. The standard InChI is InChI=1S/C21H23N3O4/c1-3-28-16-8-6-15(7-9-16)24-20(26)17-10-5-14(13-18(17)21(24)27)19(25)23-12-4-11-22-2/h5-10,13,22H,3-4,11-12H2,1-2H3,(H,23,25). The van der Waals surface area contributed by atoms with Crippen LogP contribution in [0.3, 0.4) is 0 Å². The van der Waals surface area contributed by atoms with Gasteiger partial charge in [0.2, 0.25) is 0 Å². The topological polar surface area (TPSA) is 87.7 Å². The maximum absolute atomic E-state index is 12.8. The van der Waals surface area contributed by atoms with Crippen LogP contribution in [0, 0.1) is 0 Å². The van der Waals surface area contributed by atoms with E-state index in [1.54, 1.807) is 30.3 Å². The summed E-state index contributed by atoms with van der Waals surface area (Å²) < 4.78 is 5.39. The summed E-state index contributed by atoms with van der Waals surface area (Å²) in [5, 5.41) is 5.82. The highest BCUT2D eigenvalue weighted by atomic mass is 16.5. The largest absolute Gasteiger partial charge is 0.494 e. The van der Waals surface area contributed by atoms with Crippen LogP contribution in [0.4, 0.5) is 5.69 Å². The molecule has 0 radical (unpaired) electrons. The number of rotatable bonds is 8. The van der Waals surface area contributed by atoms with Crippen molar-refractivity contribution in [1.82, 2.24) is 10.6 Å². The molecule has 0 unspecified atom stereocenters. The number of nitrogens with zero attached hydrogens (tertiary/aromatic N) is 1. The molecule has 2 N–H and O–H groups in total. The lowest BCUT2D eigenvalue weighted by molar-refractivity contribution is 0.0923. The Morgan fingerprint density at radius 1 is 1.00 bits per heavy atom. The highest BCUT2D eigenvalue weighted by Gasteiger charge is 2.37. The Morgan fingerprint density at radius 3 is 2.39 bits per heavy atom. The van der Waals surface area contributed by atoms with E-state index < -0.39 is 11.8 Å². The molecule has 0 spiro atoms. The van der Waals surface area contributed by atoms with Gasteiger partial charge in [0.25, 0.3) is 17.7 Å². The van der Waals surface area contributed by atoms with Gasteiger partial charge in [0, 0.05) is 12.1 Å². The number of nitrogens with one attached hydrogen (secondary N) is 2. The van der Waals surface area contributed by atoms with Crippen molar-refractivity contribution in [3.05, 3.63) is 59.2 Å². The Kier molecular flexibility index (Phi) is 6.06. The lowest BCUT2D eigenvalue weighted by Crippen LogP contribution is -2.29. The minimum Gasteiger partial charge on any atom is -0.494 e. The van der Waals surface area contributed by atoms with Crippen molar-refractivity contribution in [2.45, 2.75) is 13.3 Å². The van der Waals surface area contributed by atoms with Crippen molar-refractivity contribution in [3.8, 4) is 5.75 Å². The van der Waals surface area contributed by atoms with Crippen molar-refractivity contribution >= 4 is 23.4 Å². The second-order valence-corrected chi connectivity index (χ2v) is 6.35. The first-order valence-electron chi connectivity index (χ1n) is 9.25. The molecule has 0 fully saturated rings. The molecule has 1 aliphatic rings. The molecular weight excluding hydrogens is 358 g/mol. The molecule has 3 amide bonds. The van der Waals surface area contributed by atoms with Gasteiger partial charge in [-0.2, -0.15) is 0 Å². The summed E-state index contributed by atoms with van der Waals surface area (Å²) in [7, 11) is 1.85. The number of hydrogen-bond acceptors (Lipinski definition) is 5. The van der Waals surface area contributed by atoms with E-state index in [9.17, 15) is 14.4 Å². The van der Waals surface area contributed by atoms with Crippen LogP contribution < -0.4 is 20.3 Å². The summed E-state index contributed by atoms with van der Waals surface area (Å²) >= 11 is 0. The van der Waals surface area contributed by atoms with Crippen molar-refractivity contribution in [3.63, 3.8) is 0 Å². The van der Waals surface area contributed by atoms with Crippen LogP contribution in [0.1, 0.15) is 44.4 Å². The number of anilines is 1. The molecule has 1 aliphatic heterocycles. The number of benzene rings is 2. The molecule has 0 saturated heterocycles. The summed E-state index contributed by atoms with van der Waals surface area (Å²) in [6.07, 6.45) is 0.802. The lowest BCUT2D eigenvalue weighted by atomic mass is 10.1. The Balaban J connectivity index is 1.78. The molecular formula is C21H23N3O4. The van der Waals surface area contributed by atoms with E-state index in [-0.39, 0.29) is 11.5 Å². The maximum atomic E-state index is 12.8. The lowest BCUT2D eigenvalue weighted by Gasteiger charge is -2.14. The number of amides is 3. The normalized spacial score (nSPS) is 12.9. The van der Waals surface area contributed by atoms with Crippen LogP contribution in [0.25, 0.3) is 0 Å². The predicted molar refractivity (Wildman–Crippen MR) is 106 cm³/mol. The van der Waals surface area contributed by atoms with E-state index in [4.69, 9.17) is 4.74 Å². The Bertz CT molecular complexity index is 893. The van der Waals surface area contributed by atoms with Crippen LogP contribution in [0.15, 0.2) is 42.5 Å². The van der Waals surface area contributed by atoms with Crippen molar-refractivity contribution in [1.29, 1.82) is 0 Å². The molecule has 28 heavy (non-hydrogen) atoms. The average Bonchev–Trinajstić information content (AvgIpc) is 2.96. The number of hydrogen-bond donors (Lipinski definition) is 2. The molecule has 2 aromatic carbocycles. The van der Waals surface area contributed by atoms with E-state index in [1.807, 2.05) is 14.0 Å². The van der Waals surface area contributed by atoms with Crippen LogP contribution in [0.2, 0.25) is 0 Å². The molecule has 7 heteroatoms. The van der Waals surface area contributed by atoms with E-state index >= 15 is 0 Å². The molecule has 146 valence electrons. The van der Waals surface area contributed by atoms with Crippen molar-refractivity contribution in [2.24, 2.45) is 0 Å². The third-order valence-electron chi connectivity index (χ3n) is 4.44. The predicted octanol–water partition coefficient (Wildman–Crippen LogP) is 2.23. The molecule has 0 bridgehead atoms. The van der Waals surface area contributed by atoms with E-state index in [2.05, 4.69) is 10.6 Å². The molecule has 0 aromatic heterocycles. The smallest absolute Gasteiger partial charge is 0.266 e. The van der Waals surface area contributed by atoms with E-state index in [1.165, 1.54) is 12.1 Å². The summed E-state index contributed by atoms with van der Waals surface area (Å²) in [6, 6.07) is 11.4. The van der Waals surface area contributed by atoms with Crippen molar-refractivity contribution in [2.75, 3.05) is 31.6 Å². The van der Waals surface area contributed by atoms with Gasteiger partial charge in [-0.15, -0.1) is 0 Å².